The van der Waals surface area contributed by atoms with E-state index in [-0.39, 0.29) is 0 Å². The van der Waals surface area contributed by atoms with Gasteiger partial charge in [0.1, 0.15) is 12.2 Å². The van der Waals surface area contributed by atoms with Crippen molar-refractivity contribution in [1.82, 2.24) is 0 Å². The topological polar surface area (TPSA) is 40.5 Å². The Hall–Kier alpha value is -2.68. The minimum atomic E-state index is -0.897. The number of aliphatic hydroxyl groups is 2. The Balaban J connectivity index is 1.92. The van der Waals surface area contributed by atoms with Crippen LogP contribution in [0.2, 0.25) is 0 Å². The summed E-state index contributed by atoms with van der Waals surface area (Å²) in [6, 6.07) is 24.5. The first-order chi connectivity index (χ1) is 11.7. The molecule has 116 valence electrons. The Morgan fingerprint density at radius 1 is 0.542 bits per heavy atom. The average Bonchev–Trinajstić information content (AvgIpc) is 2.65. The summed E-state index contributed by atoms with van der Waals surface area (Å²) in [5, 5.41) is 25.7. The molecule has 0 amide bonds. The maximum Gasteiger partial charge on any atom is 0.110 e. The van der Waals surface area contributed by atoms with Gasteiger partial charge in [-0.25, -0.2) is 0 Å². The second kappa shape index (κ2) is 4.91. The number of hydrogen-bond donors (Lipinski definition) is 2. The second-order valence-corrected chi connectivity index (χ2v) is 6.42. The number of aliphatic hydroxyl groups excluding tert-OH is 2. The van der Waals surface area contributed by atoms with E-state index in [0.29, 0.717) is 0 Å². The molecule has 2 heteroatoms. The molecule has 0 aromatic heterocycles. The van der Waals surface area contributed by atoms with Gasteiger partial charge in [-0.05, 0) is 55.9 Å². The molecule has 0 spiro atoms. The van der Waals surface area contributed by atoms with Gasteiger partial charge >= 0.3 is 0 Å². The van der Waals surface area contributed by atoms with Gasteiger partial charge < -0.3 is 10.2 Å². The predicted octanol–water partition coefficient (Wildman–Crippen LogP) is 4.74. The zero-order chi connectivity index (χ0) is 16.3. The Kier molecular flexibility index (Phi) is 2.81. The summed E-state index contributed by atoms with van der Waals surface area (Å²) in [4.78, 5) is 0. The summed E-state index contributed by atoms with van der Waals surface area (Å²) >= 11 is 0. The van der Waals surface area contributed by atoms with E-state index in [4.69, 9.17) is 0 Å². The predicted molar refractivity (Wildman–Crippen MR) is 96.8 cm³/mol. The molecule has 0 unspecified atom stereocenters. The van der Waals surface area contributed by atoms with Crippen molar-refractivity contribution in [3.63, 3.8) is 0 Å². The molecule has 0 heterocycles. The Labute approximate surface area is 139 Å². The third-order valence-corrected chi connectivity index (χ3v) is 5.10. The first-order valence-corrected chi connectivity index (χ1v) is 8.15. The SMILES string of the molecule is O[C@@H]1c2ccccc2-c2cc3c(ccc4ccccc43)cc2[C@H]1O. The fourth-order valence-electron chi connectivity index (χ4n) is 3.89. The monoisotopic (exact) mass is 312 g/mol. The number of hydrogen-bond acceptors (Lipinski definition) is 2. The molecule has 0 saturated heterocycles. The fourth-order valence-corrected chi connectivity index (χ4v) is 3.89. The summed E-state index contributed by atoms with van der Waals surface area (Å²) in [6.07, 6.45) is -1.78. The normalized spacial score (nSPS) is 19.2. The van der Waals surface area contributed by atoms with Crippen LogP contribution in [-0.4, -0.2) is 10.2 Å². The van der Waals surface area contributed by atoms with E-state index < -0.39 is 12.2 Å². The third kappa shape index (κ3) is 1.78. The maximum atomic E-state index is 10.6. The summed E-state index contributed by atoms with van der Waals surface area (Å²) < 4.78 is 0. The molecule has 0 fully saturated rings. The van der Waals surface area contributed by atoms with Crippen LogP contribution in [0.25, 0.3) is 32.7 Å². The molecular weight excluding hydrogens is 296 g/mol. The van der Waals surface area contributed by atoms with Gasteiger partial charge in [-0.3, -0.25) is 0 Å². The highest BCUT2D eigenvalue weighted by Gasteiger charge is 2.31. The molecule has 0 radical (unpaired) electrons. The summed E-state index contributed by atoms with van der Waals surface area (Å²) in [7, 11) is 0. The van der Waals surface area contributed by atoms with Gasteiger partial charge in [0.05, 0.1) is 0 Å². The molecule has 0 aliphatic heterocycles. The van der Waals surface area contributed by atoms with E-state index in [2.05, 4.69) is 30.3 Å². The highest BCUT2D eigenvalue weighted by molar-refractivity contribution is 6.09. The lowest BCUT2D eigenvalue weighted by molar-refractivity contribution is 0.0159. The molecule has 2 N–H and O–H groups in total. The molecule has 1 aliphatic carbocycles. The van der Waals surface area contributed by atoms with Gasteiger partial charge in [0.15, 0.2) is 0 Å². The number of benzene rings is 4. The number of fused-ring (bicyclic) bond motifs is 6. The van der Waals surface area contributed by atoms with Gasteiger partial charge in [-0.15, -0.1) is 0 Å². The quantitative estimate of drug-likeness (QED) is 0.460. The van der Waals surface area contributed by atoms with Crippen LogP contribution in [0, 0.1) is 0 Å². The second-order valence-electron chi connectivity index (χ2n) is 6.42. The van der Waals surface area contributed by atoms with Crippen LogP contribution < -0.4 is 0 Å². The standard InChI is InChI=1S/C22H16O2/c23-21-17-8-4-3-7-16(17)19-12-18-14(11-20(19)22(21)24)10-9-13-5-1-2-6-15(13)18/h1-12,21-24H/t21-,22-/m1/s1. The highest BCUT2D eigenvalue weighted by Crippen LogP contribution is 2.46. The molecule has 1 aliphatic rings. The zero-order valence-electron chi connectivity index (χ0n) is 13.0. The number of rotatable bonds is 0. The minimum absolute atomic E-state index is 0.789. The third-order valence-electron chi connectivity index (χ3n) is 5.10. The van der Waals surface area contributed by atoms with Gasteiger partial charge in [0, 0.05) is 0 Å². The van der Waals surface area contributed by atoms with Crippen LogP contribution in [0.5, 0.6) is 0 Å². The van der Waals surface area contributed by atoms with Crippen molar-refractivity contribution in [1.29, 1.82) is 0 Å². The molecule has 5 rings (SSSR count). The lowest BCUT2D eigenvalue weighted by Crippen LogP contribution is -2.17. The molecule has 0 saturated carbocycles. The molecule has 24 heavy (non-hydrogen) atoms. The van der Waals surface area contributed by atoms with Crippen molar-refractivity contribution in [3.05, 3.63) is 83.9 Å². The molecule has 0 bridgehead atoms. The van der Waals surface area contributed by atoms with E-state index in [1.165, 1.54) is 16.2 Å². The van der Waals surface area contributed by atoms with Crippen molar-refractivity contribution in [2.75, 3.05) is 0 Å². The lowest BCUT2D eigenvalue weighted by atomic mass is 9.80. The van der Waals surface area contributed by atoms with E-state index in [1.807, 2.05) is 42.5 Å². The van der Waals surface area contributed by atoms with E-state index in [0.717, 1.165) is 27.6 Å². The molecular formula is C22H16O2. The van der Waals surface area contributed by atoms with Crippen molar-refractivity contribution >= 4 is 21.5 Å². The van der Waals surface area contributed by atoms with Gasteiger partial charge in [-0.2, -0.15) is 0 Å². The largest absolute Gasteiger partial charge is 0.385 e. The fraction of sp³-hybridized carbons (Fsp3) is 0.0909. The maximum absolute atomic E-state index is 10.6. The van der Waals surface area contributed by atoms with Gasteiger partial charge in [0.25, 0.3) is 0 Å². The van der Waals surface area contributed by atoms with Crippen molar-refractivity contribution < 1.29 is 10.2 Å². The molecule has 4 aromatic carbocycles. The van der Waals surface area contributed by atoms with E-state index in [1.54, 1.807) is 0 Å². The molecule has 4 aromatic rings. The van der Waals surface area contributed by atoms with E-state index in [9.17, 15) is 10.2 Å². The van der Waals surface area contributed by atoms with Crippen LogP contribution in [0.3, 0.4) is 0 Å². The molecule has 2 nitrogen and oxygen atoms in total. The lowest BCUT2D eigenvalue weighted by Gasteiger charge is -2.29. The summed E-state index contributed by atoms with van der Waals surface area (Å²) in [5.41, 5.74) is 3.59. The molecule has 2 atom stereocenters. The van der Waals surface area contributed by atoms with Crippen LogP contribution in [-0.2, 0) is 0 Å². The van der Waals surface area contributed by atoms with Crippen LogP contribution >= 0.6 is 0 Å². The van der Waals surface area contributed by atoms with Crippen LogP contribution in [0.1, 0.15) is 23.3 Å². The van der Waals surface area contributed by atoms with Gasteiger partial charge in [-0.1, -0.05) is 60.7 Å². The Bertz CT molecular complexity index is 1100. The average molecular weight is 312 g/mol. The minimum Gasteiger partial charge on any atom is -0.385 e. The first kappa shape index (κ1) is 13.7. The van der Waals surface area contributed by atoms with Crippen LogP contribution in [0.15, 0.2) is 72.8 Å². The van der Waals surface area contributed by atoms with Crippen molar-refractivity contribution in [2.24, 2.45) is 0 Å². The Morgan fingerprint density at radius 2 is 1.25 bits per heavy atom. The van der Waals surface area contributed by atoms with Gasteiger partial charge in [0.2, 0.25) is 0 Å². The highest BCUT2D eigenvalue weighted by atomic mass is 16.3. The van der Waals surface area contributed by atoms with Crippen LogP contribution in [0.4, 0.5) is 0 Å². The first-order valence-electron chi connectivity index (χ1n) is 8.15. The Morgan fingerprint density at radius 3 is 2.17 bits per heavy atom. The smallest absolute Gasteiger partial charge is 0.110 e. The summed E-state index contributed by atoms with van der Waals surface area (Å²) in [5.74, 6) is 0. The summed E-state index contributed by atoms with van der Waals surface area (Å²) in [6.45, 7) is 0. The van der Waals surface area contributed by atoms with E-state index >= 15 is 0 Å². The zero-order valence-corrected chi connectivity index (χ0v) is 13.0. The van der Waals surface area contributed by atoms with Crippen molar-refractivity contribution in [3.8, 4) is 11.1 Å². The van der Waals surface area contributed by atoms with Crippen molar-refractivity contribution in [2.45, 2.75) is 12.2 Å².